The molecule has 3 nitrogen and oxygen atoms in total. The zero-order valence-corrected chi connectivity index (χ0v) is 15.8. The molecule has 0 amide bonds. The van der Waals surface area contributed by atoms with Gasteiger partial charge in [0.15, 0.2) is 5.11 Å². The van der Waals surface area contributed by atoms with Gasteiger partial charge in [0.1, 0.15) is 0 Å². The number of nitrogens with zero attached hydrogens (tertiary/aromatic N) is 1. The molecule has 1 aromatic rings. The zero-order chi connectivity index (χ0) is 16.3. The third-order valence-corrected chi connectivity index (χ3v) is 5.13. The molecule has 2 N–H and O–H groups in total. The number of thiocarbonyl (C=S) groups is 1. The van der Waals surface area contributed by atoms with E-state index in [9.17, 15) is 0 Å². The molecule has 1 aromatic carbocycles. The topological polar surface area (TPSA) is 27.3 Å². The van der Waals surface area contributed by atoms with E-state index in [-0.39, 0.29) is 0 Å². The van der Waals surface area contributed by atoms with E-state index in [0.717, 1.165) is 31.2 Å². The van der Waals surface area contributed by atoms with E-state index in [1.807, 2.05) is 11.8 Å². The Morgan fingerprint density at radius 2 is 1.78 bits per heavy atom. The van der Waals surface area contributed by atoms with Crippen molar-refractivity contribution in [2.45, 2.75) is 38.8 Å². The largest absolute Gasteiger partial charge is 0.363 e. The van der Waals surface area contributed by atoms with E-state index in [1.54, 1.807) is 0 Å². The van der Waals surface area contributed by atoms with Crippen LogP contribution in [0.1, 0.15) is 36.8 Å². The van der Waals surface area contributed by atoms with Crippen molar-refractivity contribution in [3.8, 4) is 0 Å². The quantitative estimate of drug-likeness (QED) is 0.553. The number of hydrogen-bond donors (Lipinski definition) is 2. The van der Waals surface area contributed by atoms with E-state index in [1.165, 1.54) is 49.2 Å². The van der Waals surface area contributed by atoms with Crippen LogP contribution in [0.3, 0.4) is 0 Å². The highest BCUT2D eigenvalue weighted by Gasteiger charge is 2.10. The molecule has 0 aromatic heterocycles. The second-order valence-electron chi connectivity index (χ2n) is 6.11. The Bertz CT molecular complexity index is 456. The molecular weight excluding hydrogens is 322 g/mol. The van der Waals surface area contributed by atoms with Crippen molar-refractivity contribution in [2.75, 3.05) is 31.6 Å². The normalized spacial score (nSPS) is 15.3. The first kappa shape index (κ1) is 18.6. The van der Waals surface area contributed by atoms with E-state index >= 15 is 0 Å². The Labute approximate surface area is 150 Å². The summed E-state index contributed by atoms with van der Waals surface area (Å²) in [5.41, 5.74) is 2.69. The lowest BCUT2D eigenvalue weighted by molar-refractivity contribution is 0.221. The van der Waals surface area contributed by atoms with Crippen LogP contribution in [-0.2, 0) is 13.1 Å². The lowest BCUT2D eigenvalue weighted by atomic mass is 10.1. The summed E-state index contributed by atoms with van der Waals surface area (Å²) in [6.45, 7) is 5.32. The fourth-order valence-corrected chi connectivity index (χ4v) is 3.41. The summed E-state index contributed by atoms with van der Waals surface area (Å²) in [6.07, 6.45) is 7.37. The van der Waals surface area contributed by atoms with Crippen LogP contribution in [0.5, 0.6) is 0 Å². The average molecular weight is 352 g/mol. The monoisotopic (exact) mass is 351 g/mol. The van der Waals surface area contributed by atoms with Crippen LogP contribution in [0.4, 0.5) is 0 Å². The highest BCUT2D eigenvalue weighted by molar-refractivity contribution is 7.98. The fraction of sp³-hybridized carbons (Fsp3) is 0.611. The lowest BCUT2D eigenvalue weighted by Crippen LogP contribution is -2.35. The standard InChI is InChI=1S/C18H29N3S2/c1-23-13-5-10-19-18(22)20-14-16-6-8-17(9-7-16)15-21-11-3-2-4-12-21/h6-9H,2-5,10-15H2,1H3,(H2,19,20,22). The molecule has 0 spiro atoms. The van der Waals surface area contributed by atoms with Crippen LogP contribution in [0, 0.1) is 0 Å². The van der Waals surface area contributed by atoms with Gasteiger partial charge in [-0.15, -0.1) is 0 Å². The van der Waals surface area contributed by atoms with Gasteiger partial charge in [0.2, 0.25) is 0 Å². The molecule has 1 aliphatic rings. The molecule has 0 unspecified atom stereocenters. The molecule has 0 radical (unpaired) electrons. The maximum Gasteiger partial charge on any atom is 0.166 e. The summed E-state index contributed by atoms with van der Waals surface area (Å²) in [6, 6.07) is 8.92. The van der Waals surface area contributed by atoms with Crippen LogP contribution in [0.15, 0.2) is 24.3 Å². The molecule has 1 aliphatic heterocycles. The molecule has 0 aliphatic carbocycles. The maximum absolute atomic E-state index is 5.30. The molecule has 5 heteroatoms. The third kappa shape index (κ3) is 7.55. The Morgan fingerprint density at radius 3 is 2.48 bits per heavy atom. The van der Waals surface area contributed by atoms with Gasteiger partial charge in [0.25, 0.3) is 0 Å². The number of likely N-dealkylation sites (tertiary alicyclic amines) is 1. The van der Waals surface area contributed by atoms with Crippen LogP contribution >= 0.6 is 24.0 Å². The predicted molar refractivity (Wildman–Crippen MR) is 106 cm³/mol. The summed E-state index contributed by atoms with van der Waals surface area (Å²) in [5.74, 6) is 1.17. The number of piperidine rings is 1. The summed E-state index contributed by atoms with van der Waals surface area (Å²) < 4.78 is 0. The van der Waals surface area contributed by atoms with Crippen molar-refractivity contribution < 1.29 is 0 Å². The Hall–Kier alpha value is -0.780. The third-order valence-electron chi connectivity index (χ3n) is 4.14. The van der Waals surface area contributed by atoms with E-state index in [2.05, 4.69) is 46.1 Å². The minimum atomic E-state index is 0.753. The number of thioether (sulfide) groups is 1. The second kappa shape index (κ2) is 10.9. The van der Waals surface area contributed by atoms with Gasteiger partial charge >= 0.3 is 0 Å². The Balaban J connectivity index is 1.67. The fourth-order valence-electron chi connectivity index (χ4n) is 2.80. The van der Waals surface area contributed by atoms with Crippen molar-refractivity contribution in [1.82, 2.24) is 15.5 Å². The lowest BCUT2D eigenvalue weighted by Gasteiger charge is -2.26. The molecule has 1 fully saturated rings. The smallest absolute Gasteiger partial charge is 0.166 e. The Kier molecular flexibility index (Phi) is 8.79. The minimum absolute atomic E-state index is 0.753. The van der Waals surface area contributed by atoms with Gasteiger partial charge in [-0.05, 0) is 67.7 Å². The minimum Gasteiger partial charge on any atom is -0.363 e. The average Bonchev–Trinajstić information content (AvgIpc) is 2.59. The van der Waals surface area contributed by atoms with Gasteiger partial charge in [-0.3, -0.25) is 4.90 Å². The van der Waals surface area contributed by atoms with Gasteiger partial charge in [0, 0.05) is 19.6 Å². The molecule has 1 saturated heterocycles. The summed E-state index contributed by atoms with van der Waals surface area (Å²) in [4.78, 5) is 2.56. The molecule has 0 saturated carbocycles. The first-order valence-electron chi connectivity index (χ1n) is 8.59. The number of nitrogens with one attached hydrogen (secondary N) is 2. The van der Waals surface area contributed by atoms with Crippen molar-refractivity contribution in [2.24, 2.45) is 0 Å². The maximum atomic E-state index is 5.30. The van der Waals surface area contributed by atoms with Crippen LogP contribution in [0.25, 0.3) is 0 Å². The molecule has 2 rings (SSSR count). The molecule has 1 heterocycles. The van der Waals surface area contributed by atoms with Crippen molar-refractivity contribution in [1.29, 1.82) is 0 Å². The number of rotatable bonds is 8. The van der Waals surface area contributed by atoms with Gasteiger partial charge in [-0.25, -0.2) is 0 Å². The second-order valence-corrected chi connectivity index (χ2v) is 7.50. The highest BCUT2D eigenvalue weighted by atomic mass is 32.2. The molecule has 0 atom stereocenters. The van der Waals surface area contributed by atoms with E-state index in [4.69, 9.17) is 12.2 Å². The number of hydrogen-bond acceptors (Lipinski definition) is 3. The summed E-state index contributed by atoms with van der Waals surface area (Å²) in [5, 5.41) is 7.29. The van der Waals surface area contributed by atoms with Crippen LogP contribution < -0.4 is 10.6 Å². The van der Waals surface area contributed by atoms with E-state index in [0.29, 0.717) is 0 Å². The Morgan fingerprint density at radius 1 is 1.09 bits per heavy atom. The predicted octanol–water partition coefficient (Wildman–Crippen LogP) is 3.39. The van der Waals surface area contributed by atoms with Crippen molar-refractivity contribution in [3.05, 3.63) is 35.4 Å². The number of benzene rings is 1. The molecule has 23 heavy (non-hydrogen) atoms. The first-order chi connectivity index (χ1) is 11.3. The van der Waals surface area contributed by atoms with Crippen LogP contribution in [-0.4, -0.2) is 41.7 Å². The van der Waals surface area contributed by atoms with Gasteiger partial charge in [-0.2, -0.15) is 11.8 Å². The summed E-state index contributed by atoms with van der Waals surface area (Å²) in [7, 11) is 0. The SMILES string of the molecule is CSCCCNC(=S)NCc1ccc(CN2CCCCC2)cc1. The van der Waals surface area contributed by atoms with E-state index < -0.39 is 0 Å². The first-order valence-corrected chi connectivity index (χ1v) is 10.4. The highest BCUT2D eigenvalue weighted by Crippen LogP contribution is 2.13. The molecule has 128 valence electrons. The van der Waals surface area contributed by atoms with Crippen LogP contribution in [0.2, 0.25) is 0 Å². The zero-order valence-electron chi connectivity index (χ0n) is 14.1. The van der Waals surface area contributed by atoms with Crippen molar-refractivity contribution >= 4 is 29.1 Å². The van der Waals surface area contributed by atoms with Gasteiger partial charge < -0.3 is 10.6 Å². The van der Waals surface area contributed by atoms with Gasteiger partial charge in [-0.1, -0.05) is 30.7 Å². The van der Waals surface area contributed by atoms with Gasteiger partial charge in [0.05, 0.1) is 0 Å². The summed E-state index contributed by atoms with van der Waals surface area (Å²) >= 11 is 7.17. The van der Waals surface area contributed by atoms with Crippen molar-refractivity contribution in [3.63, 3.8) is 0 Å². The molecule has 0 bridgehead atoms. The molecular formula is C18H29N3S2.